The van der Waals surface area contributed by atoms with Gasteiger partial charge in [-0.3, -0.25) is 4.79 Å². The first-order valence-electron chi connectivity index (χ1n) is 4.79. The summed E-state index contributed by atoms with van der Waals surface area (Å²) in [6.07, 6.45) is 3.69. The zero-order chi connectivity index (χ0) is 9.90. The first-order chi connectivity index (χ1) is 6.09. The first-order valence-corrected chi connectivity index (χ1v) is 4.79. The number of hydrogen-bond donors (Lipinski definition) is 3. The van der Waals surface area contributed by atoms with Crippen molar-refractivity contribution in [2.75, 3.05) is 13.1 Å². The summed E-state index contributed by atoms with van der Waals surface area (Å²) < 4.78 is 0. The smallest absolute Gasteiger partial charge is 0.321 e. The van der Waals surface area contributed by atoms with Crippen molar-refractivity contribution in [3.8, 4) is 0 Å². The lowest BCUT2D eigenvalue weighted by molar-refractivity contribution is -0.138. The minimum absolute atomic E-state index is 0.372. The van der Waals surface area contributed by atoms with E-state index in [1.165, 1.54) is 19.3 Å². The van der Waals surface area contributed by atoms with E-state index in [2.05, 4.69) is 12.2 Å². The predicted molar refractivity (Wildman–Crippen MR) is 50.4 cm³/mol. The Morgan fingerprint density at radius 3 is 2.69 bits per heavy atom. The van der Waals surface area contributed by atoms with Crippen LogP contribution in [-0.4, -0.2) is 30.2 Å². The van der Waals surface area contributed by atoms with Gasteiger partial charge >= 0.3 is 5.97 Å². The van der Waals surface area contributed by atoms with Crippen LogP contribution in [-0.2, 0) is 4.79 Å². The van der Waals surface area contributed by atoms with Crippen LogP contribution in [0.3, 0.4) is 0 Å². The van der Waals surface area contributed by atoms with E-state index in [4.69, 9.17) is 10.8 Å². The molecule has 0 aromatic rings. The van der Waals surface area contributed by atoms with Crippen LogP contribution in [0.2, 0.25) is 0 Å². The second-order valence-corrected chi connectivity index (χ2v) is 3.93. The van der Waals surface area contributed by atoms with Gasteiger partial charge in [-0.05, 0) is 24.7 Å². The summed E-state index contributed by atoms with van der Waals surface area (Å²) in [7, 11) is 0. The molecule has 1 aliphatic carbocycles. The van der Waals surface area contributed by atoms with Gasteiger partial charge in [0.05, 0.1) is 0 Å². The number of carboxylic acid groups (broad SMARTS) is 1. The second-order valence-electron chi connectivity index (χ2n) is 3.93. The molecule has 13 heavy (non-hydrogen) atoms. The third-order valence-corrected chi connectivity index (χ3v) is 2.89. The van der Waals surface area contributed by atoms with Gasteiger partial charge in [0.15, 0.2) is 0 Å². The maximum Gasteiger partial charge on any atom is 0.321 e. The third kappa shape index (κ3) is 2.97. The van der Waals surface area contributed by atoms with Gasteiger partial charge in [-0.2, -0.15) is 0 Å². The lowest BCUT2D eigenvalue weighted by Gasteiger charge is -2.14. The average molecular weight is 186 g/mol. The molecule has 76 valence electrons. The van der Waals surface area contributed by atoms with Crippen LogP contribution in [0.25, 0.3) is 0 Å². The Labute approximate surface area is 78.5 Å². The standard InChI is InChI=1S/C9H18N2O2/c1-2-9(3-4-9)6-11-5-7(10)8(12)13/h7,11H,2-6,10H2,1H3,(H,12,13). The van der Waals surface area contributed by atoms with Crippen molar-refractivity contribution in [2.45, 2.75) is 32.2 Å². The lowest BCUT2D eigenvalue weighted by Crippen LogP contribution is -2.41. The van der Waals surface area contributed by atoms with Gasteiger partial charge in [0.2, 0.25) is 0 Å². The van der Waals surface area contributed by atoms with E-state index in [9.17, 15) is 4.79 Å². The van der Waals surface area contributed by atoms with Crippen molar-refractivity contribution in [3.63, 3.8) is 0 Å². The van der Waals surface area contributed by atoms with Gasteiger partial charge in [0.25, 0.3) is 0 Å². The fourth-order valence-corrected chi connectivity index (χ4v) is 1.41. The van der Waals surface area contributed by atoms with Gasteiger partial charge in [-0.25, -0.2) is 0 Å². The summed E-state index contributed by atoms with van der Waals surface area (Å²) >= 11 is 0. The summed E-state index contributed by atoms with van der Waals surface area (Å²) in [5.41, 5.74) is 5.80. The van der Waals surface area contributed by atoms with Gasteiger partial charge in [-0.1, -0.05) is 6.92 Å². The van der Waals surface area contributed by atoms with E-state index >= 15 is 0 Å². The first kappa shape index (κ1) is 10.5. The maximum absolute atomic E-state index is 10.4. The molecule has 0 aliphatic heterocycles. The Bertz CT molecular complexity index is 190. The molecule has 0 bridgehead atoms. The molecule has 1 unspecified atom stereocenters. The zero-order valence-corrected chi connectivity index (χ0v) is 8.05. The number of carbonyl (C=O) groups is 1. The zero-order valence-electron chi connectivity index (χ0n) is 8.05. The molecule has 0 heterocycles. The van der Waals surface area contributed by atoms with Crippen molar-refractivity contribution in [1.82, 2.24) is 5.32 Å². The highest BCUT2D eigenvalue weighted by molar-refractivity contribution is 5.73. The topological polar surface area (TPSA) is 75.3 Å². The van der Waals surface area contributed by atoms with Crippen molar-refractivity contribution in [3.05, 3.63) is 0 Å². The van der Waals surface area contributed by atoms with Gasteiger partial charge in [-0.15, -0.1) is 0 Å². The van der Waals surface area contributed by atoms with Crippen molar-refractivity contribution in [1.29, 1.82) is 0 Å². The molecule has 0 amide bonds. The number of hydrogen-bond acceptors (Lipinski definition) is 3. The molecule has 0 saturated heterocycles. The van der Waals surface area contributed by atoms with Gasteiger partial charge < -0.3 is 16.2 Å². The molecule has 0 aromatic heterocycles. The molecule has 4 nitrogen and oxygen atoms in total. The normalized spacial score (nSPS) is 21.1. The largest absolute Gasteiger partial charge is 0.480 e. The maximum atomic E-state index is 10.4. The minimum atomic E-state index is -0.936. The molecule has 0 aromatic carbocycles. The molecule has 0 radical (unpaired) electrons. The Hall–Kier alpha value is -0.610. The average Bonchev–Trinajstić information content (AvgIpc) is 2.85. The molecule has 1 fully saturated rings. The van der Waals surface area contributed by atoms with Gasteiger partial charge in [0, 0.05) is 13.1 Å². The molecule has 1 atom stereocenters. The second kappa shape index (κ2) is 4.07. The van der Waals surface area contributed by atoms with Crippen LogP contribution in [0.1, 0.15) is 26.2 Å². The molecule has 4 heteroatoms. The summed E-state index contributed by atoms with van der Waals surface area (Å²) in [5, 5.41) is 11.6. The Morgan fingerprint density at radius 1 is 1.69 bits per heavy atom. The molecule has 1 rings (SSSR count). The van der Waals surface area contributed by atoms with Crippen LogP contribution >= 0.6 is 0 Å². The van der Waals surface area contributed by atoms with E-state index in [0.717, 1.165) is 6.54 Å². The molecule has 4 N–H and O–H groups in total. The highest BCUT2D eigenvalue weighted by Crippen LogP contribution is 2.47. The van der Waals surface area contributed by atoms with Crippen LogP contribution in [0.5, 0.6) is 0 Å². The van der Waals surface area contributed by atoms with Crippen LogP contribution in [0.4, 0.5) is 0 Å². The lowest BCUT2D eigenvalue weighted by atomic mass is 10.0. The predicted octanol–water partition coefficient (Wildman–Crippen LogP) is 0.178. The number of rotatable bonds is 6. The summed E-state index contributed by atoms with van der Waals surface area (Å²) in [5.74, 6) is -0.936. The van der Waals surface area contributed by atoms with E-state index in [1.54, 1.807) is 0 Å². The Kier molecular flexibility index (Phi) is 3.27. The summed E-state index contributed by atoms with van der Waals surface area (Å²) in [6, 6.07) is -0.771. The van der Waals surface area contributed by atoms with Crippen LogP contribution in [0, 0.1) is 5.41 Å². The SMILES string of the molecule is CCC1(CNCC(N)C(=O)O)CC1. The molecular formula is C9H18N2O2. The Morgan fingerprint density at radius 2 is 2.31 bits per heavy atom. The Balaban J connectivity index is 2.10. The summed E-state index contributed by atoms with van der Waals surface area (Å²) in [4.78, 5) is 10.4. The quantitative estimate of drug-likeness (QED) is 0.553. The van der Waals surface area contributed by atoms with Crippen LogP contribution in [0.15, 0.2) is 0 Å². The molecule has 1 saturated carbocycles. The van der Waals surface area contributed by atoms with E-state index < -0.39 is 12.0 Å². The van der Waals surface area contributed by atoms with Crippen molar-refractivity contribution < 1.29 is 9.90 Å². The van der Waals surface area contributed by atoms with E-state index in [0.29, 0.717) is 12.0 Å². The number of carboxylic acids is 1. The van der Waals surface area contributed by atoms with Crippen molar-refractivity contribution in [2.24, 2.45) is 11.1 Å². The third-order valence-electron chi connectivity index (χ3n) is 2.89. The fourth-order valence-electron chi connectivity index (χ4n) is 1.41. The highest BCUT2D eigenvalue weighted by Gasteiger charge is 2.39. The molecule has 1 aliphatic rings. The van der Waals surface area contributed by atoms with Crippen LogP contribution < -0.4 is 11.1 Å². The minimum Gasteiger partial charge on any atom is -0.480 e. The fraction of sp³-hybridized carbons (Fsp3) is 0.889. The number of aliphatic carboxylic acids is 1. The monoisotopic (exact) mass is 186 g/mol. The number of nitrogens with one attached hydrogen (secondary N) is 1. The van der Waals surface area contributed by atoms with E-state index in [1.807, 2.05) is 0 Å². The van der Waals surface area contributed by atoms with Crippen molar-refractivity contribution >= 4 is 5.97 Å². The summed E-state index contributed by atoms with van der Waals surface area (Å²) in [6.45, 7) is 3.45. The van der Waals surface area contributed by atoms with E-state index in [-0.39, 0.29) is 0 Å². The van der Waals surface area contributed by atoms with Gasteiger partial charge in [0.1, 0.15) is 6.04 Å². The molecule has 0 spiro atoms. The highest BCUT2D eigenvalue weighted by atomic mass is 16.4. The molecular weight excluding hydrogens is 168 g/mol. The number of nitrogens with two attached hydrogens (primary N) is 1.